The van der Waals surface area contributed by atoms with Crippen LogP contribution in [0.2, 0.25) is 0 Å². The van der Waals surface area contributed by atoms with Crippen LogP contribution < -0.4 is 5.32 Å². The van der Waals surface area contributed by atoms with Crippen LogP contribution in [-0.4, -0.2) is 23.0 Å². The quantitative estimate of drug-likeness (QED) is 0.831. The molecule has 0 saturated heterocycles. The third-order valence-corrected chi connectivity index (χ3v) is 5.53. The standard InChI is InChI=1S/C14H26N2S/c1-4-6-12-9-15-14(17-12)16-13-8-5-7-10(2)11(13)3/h10-13H,4-9H2,1-3H3,(H,15,16). The smallest absolute Gasteiger partial charge is 0.157 e. The lowest BCUT2D eigenvalue weighted by Crippen LogP contribution is -2.42. The zero-order chi connectivity index (χ0) is 12.3. The predicted octanol–water partition coefficient (Wildman–Crippen LogP) is 3.67. The number of amidine groups is 1. The molecule has 98 valence electrons. The largest absolute Gasteiger partial charge is 0.362 e. The summed E-state index contributed by atoms with van der Waals surface area (Å²) in [6.45, 7) is 8.07. The Kier molecular flexibility index (Phi) is 4.78. The molecule has 0 aromatic rings. The van der Waals surface area contributed by atoms with Crippen LogP contribution in [0.4, 0.5) is 0 Å². The fourth-order valence-corrected chi connectivity index (χ4v) is 4.10. The lowest BCUT2D eigenvalue weighted by molar-refractivity contribution is 0.225. The summed E-state index contributed by atoms with van der Waals surface area (Å²) < 4.78 is 0. The van der Waals surface area contributed by atoms with Crippen LogP contribution in [0, 0.1) is 11.8 Å². The van der Waals surface area contributed by atoms with Gasteiger partial charge in [-0.3, -0.25) is 4.99 Å². The minimum absolute atomic E-state index is 0.658. The Bertz CT molecular complexity index is 277. The molecule has 0 spiro atoms. The van der Waals surface area contributed by atoms with Crippen LogP contribution >= 0.6 is 11.8 Å². The van der Waals surface area contributed by atoms with E-state index in [2.05, 4.69) is 31.1 Å². The van der Waals surface area contributed by atoms with Gasteiger partial charge in [-0.1, -0.05) is 51.8 Å². The molecule has 0 radical (unpaired) electrons. The van der Waals surface area contributed by atoms with Gasteiger partial charge in [0.25, 0.3) is 0 Å². The third kappa shape index (κ3) is 3.40. The van der Waals surface area contributed by atoms with E-state index in [1.165, 1.54) is 37.3 Å². The van der Waals surface area contributed by atoms with Crippen molar-refractivity contribution < 1.29 is 0 Å². The van der Waals surface area contributed by atoms with Crippen molar-refractivity contribution in [3.8, 4) is 0 Å². The van der Waals surface area contributed by atoms with Gasteiger partial charge in [0.1, 0.15) is 0 Å². The number of nitrogens with zero attached hydrogens (tertiary/aromatic N) is 1. The van der Waals surface area contributed by atoms with Crippen molar-refractivity contribution >= 4 is 16.9 Å². The molecule has 1 heterocycles. The number of thioether (sulfide) groups is 1. The summed E-state index contributed by atoms with van der Waals surface area (Å²) in [5.74, 6) is 1.65. The van der Waals surface area contributed by atoms with E-state index in [0.717, 1.165) is 23.6 Å². The predicted molar refractivity (Wildman–Crippen MR) is 77.7 cm³/mol. The molecule has 0 aromatic carbocycles. The number of nitrogens with one attached hydrogen (secondary N) is 1. The molecule has 0 aromatic heterocycles. The first-order valence-corrected chi connectivity index (χ1v) is 8.06. The molecule has 0 amide bonds. The van der Waals surface area contributed by atoms with Gasteiger partial charge in [-0.15, -0.1) is 0 Å². The second-order valence-corrected chi connectivity index (χ2v) is 6.98. The van der Waals surface area contributed by atoms with Gasteiger partial charge in [0, 0.05) is 11.3 Å². The van der Waals surface area contributed by atoms with E-state index in [1.807, 2.05) is 11.8 Å². The van der Waals surface area contributed by atoms with Gasteiger partial charge in [-0.05, 0) is 24.7 Å². The minimum Gasteiger partial charge on any atom is -0.362 e. The second-order valence-electron chi connectivity index (χ2n) is 5.69. The van der Waals surface area contributed by atoms with Crippen LogP contribution in [-0.2, 0) is 0 Å². The molecule has 17 heavy (non-hydrogen) atoms. The number of rotatable bonds is 3. The Balaban J connectivity index is 1.81. The Labute approximate surface area is 110 Å². The maximum Gasteiger partial charge on any atom is 0.157 e. The van der Waals surface area contributed by atoms with Gasteiger partial charge in [-0.2, -0.15) is 0 Å². The van der Waals surface area contributed by atoms with Crippen molar-refractivity contribution in [3.63, 3.8) is 0 Å². The van der Waals surface area contributed by atoms with E-state index >= 15 is 0 Å². The minimum atomic E-state index is 0.658. The van der Waals surface area contributed by atoms with Gasteiger partial charge in [-0.25, -0.2) is 0 Å². The van der Waals surface area contributed by atoms with Gasteiger partial charge in [0.15, 0.2) is 5.17 Å². The van der Waals surface area contributed by atoms with Crippen LogP contribution in [0.25, 0.3) is 0 Å². The summed E-state index contributed by atoms with van der Waals surface area (Å²) in [4.78, 5) is 4.66. The highest BCUT2D eigenvalue weighted by atomic mass is 32.2. The molecule has 2 aliphatic rings. The summed E-state index contributed by atoms with van der Waals surface area (Å²) in [5.41, 5.74) is 0. The topological polar surface area (TPSA) is 24.4 Å². The molecule has 4 atom stereocenters. The Morgan fingerprint density at radius 3 is 2.94 bits per heavy atom. The molecule has 3 heteroatoms. The Morgan fingerprint density at radius 1 is 1.35 bits per heavy atom. The van der Waals surface area contributed by atoms with E-state index < -0.39 is 0 Å². The van der Waals surface area contributed by atoms with Crippen LogP contribution in [0.3, 0.4) is 0 Å². The summed E-state index contributed by atoms with van der Waals surface area (Å²) in [5, 5.41) is 5.65. The molecule has 1 fully saturated rings. The van der Waals surface area contributed by atoms with Crippen LogP contribution in [0.1, 0.15) is 52.9 Å². The third-order valence-electron chi connectivity index (χ3n) is 4.34. The molecule has 1 saturated carbocycles. The summed E-state index contributed by atoms with van der Waals surface area (Å²) in [6, 6.07) is 0.658. The van der Waals surface area contributed by atoms with Gasteiger partial charge in [0.2, 0.25) is 0 Å². The summed E-state index contributed by atoms with van der Waals surface area (Å²) >= 11 is 1.97. The van der Waals surface area contributed by atoms with E-state index in [0.29, 0.717) is 6.04 Å². The SMILES string of the molecule is CCCC1CN=C(NC2CCCC(C)C2C)S1. The van der Waals surface area contributed by atoms with Gasteiger partial charge >= 0.3 is 0 Å². The molecule has 0 bridgehead atoms. The normalized spacial score (nSPS) is 37.9. The lowest BCUT2D eigenvalue weighted by Gasteiger charge is -2.35. The fourth-order valence-electron chi connectivity index (χ4n) is 2.91. The van der Waals surface area contributed by atoms with Crippen LogP contribution in [0.15, 0.2) is 4.99 Å². The molecule has 2 rings (SSSR count). The number of hydrogen-bond donors (Lipinski definition) is 1. The zero-order valence-electron chi connectivity index (χ0n) is 11.4. The van der Waals surface area contributed by atoms with Gasteiger partial charge in [0.05, 0.1) is 6.54 Å². The molecule has 1 aliphatic heterocycles. The van der Waals surface area contributed by atoms with Crippen molar-refractivity contribution in [1.82, 2.24) is 5.32 Å². The number of hydrogen-bond acceptors (Lipinski definition) is 3. The van der Waals surface area contributed by atoms with E-state index in [1.54, 1.807) is 0 Å². The van der Waals surface area contributed by atoms with Gasteiger partial charge < -0.3 is 5.32 Å². The fraction of sp³-hybridized carbons (Fsp3) is 0.929. The van der Waals surface area contributed by atoms with E-state index in [9.17, 15) is 0 Å². The molecule has 2 nitrogen and oxygen atoms in total. The highest BCUT2D eigenvalue weighted by molar-refractivity contribution is 8.14. The molecular weight excluding hydrogens is 228 g/mol. The number of aliphatic imine (C=N–C) groups is 1. The lowest BCUT2D eigenvalue weighted by atomic mass is 9.78. The van der Waals surface area contributed by atoms with Crippen molar-refractivity contribution in [2.45, 2.75) is 64.2 Å². The van der Waals surface area contributed by atoms with E-state index in [4.69, 9.17) is 0 Å². The highest BCUT2D eigenvalue weighted by Crippen LogP contribution is 2.31. The second kappa shape index (κ2) is 6.12. The molecule has 4 unspecified atom stereocenters. The first-order chi connectivity index (χ1) is 8.20. The summed E-state index contributed by atoms with van der Waals surface area (Å²) in [7, 11) is 0. The average Bonchev–Trinajstić information content (AvgIpc) is 2.73. The Morgan fingerprint density at radius 2 is 2.18 bits per heavy atom. The molecular formula is C14H26N2S. The monoisotopic (exact) mass is 254 g/mol. The summed E-state index contributed by atoms with van der Waals surface area (Å²) in [6.07, 6.45) is 6.67. The van der Waals surface area contributed by atoms with Crippen LogP contribution in [0.5, 0.6) is 0 Å². The van der Waals surface area contributed by atoms with E-state index in [-0.39, 0.29) is 0 Å². The van der Waals surface area contributed by atoms with Crippen molar-refractivity contribution in [2.75, 3.05) is 6.54 Å². The highest BCUT2D eigenvalue weighted by Gasteiger charge is 2.29. The zero-order valence-corrected chi connectivity index (χ0v) is 12.2. The van der Waals surface area contributed by atoms with Crippen molar-refractivity contribution in [1.29, 1.82) is 0 Å². The van der Waals surface area contributed by atoms with Crippen molar-refractivity contribution in [2.24, 2.45) is 16.8 Å². The first kappa shape index (κ1) is 13.3. The van der Waals surface area contributed by atoms with Crippen molar-refractivity contribution in [3.05, 3.63) is 0 Å². The Hall–Kier alpha value is -0.180. The molecule has 1 N–H and O–H groups in total. The maximum atomic E-state index is 4.66. The first-order valence-electron chi connectivity index (χ1n) is 7.18. The molecule has 1 aliphatic carbocycles. The average molecular weight is 254 g/mol. The maximum absolute atomic E-state index is 4.66.